The Balaban J connectivity index is 2.03. The summed E-state index contributed by atoms with van der Waals surface area (Å²) in [6.07, 6.45) is 3.17. The molecule has 0 saturated carbocycles. The van der Waals surface area contributed by atoms with Crippen LogP contribution in [-0.4, -0.2) is 16.2 Å². The van der Waals surface area contributed by atoms with Gasteiger partial charge < -0.3 is 9.72 Å². The Hall–Kier alpha value is -0.940. The maximum atomic E-state index is 6.07. The molecule has 108 valence electrons. The third kappa shape index (κ3) is 3.79. The van der Waals surface area contributed by atoms with E-state index >= 15 is 0 Å². The Kier molecular flexibility index (Phi) is 5.16. The van der Waals surface area contributed by atoms with E-state index in [0.29, 0.717) is 20.8 Å². The van der Waals surface area contributed by atoms with E-state index in [-0.39, 0.29) is 12.3 Å². The van der Waals surface area contributed by atoms with E-state index in [1.807, 2.05) is 13.8 Å². The minimum atomic E-state index is -0.300. The number of nitrogens with one attached hydrogen (secondary N) is 2. The molecule has 20 heavy (non-hydrogen) atoms. The number of hydrogen-bond donors (Lipinski definition) is 2. The fourth-order valence-corrected chi connectivity index (χ4v) is 2.70. The van der Waals surface area contributed by atoms with Crippen LogP contribution in [0.5, 0.6) is 5.75 Å². The van der Waals surface area contributed by atoms with Crippen molar-refractivity contribution in [2.75, 3.05) is 0 Å². The summed E-state index contributed by atoms with van der Waals surface area (Å²) in [4.78, 5) is 7.22. The van der Waals surface area contributed by atoms with Gasteiger partial charge in [-0.1, -0.05) is 34.8 Å². The predicted octanol–water partition coefficient (Wildman–Crippen LogP) is 4.45. The van der Waals surface area contributed by atoms with E-state index in [9.17, 15) is 0 Å². The molecule has 0 fully saturated rings. The van der Waals surface area contributed by atoms with Crippen molar-refractivity contribution in [1.82, 2.24) is 15.3 Å². The molecular formula is C13H14Cl3N3O. The fourth-order valence-electron chi connectivity index (χ4n) is 1.80. The van der Waals surface area contributed by atoms with Gasteiger partial charge in [0.1, 0.15) is 12.1 Å². The molecule has 7 heteroatoms. The average Bonchev–Trinajstić information content (AvgIpc) is 2.87. The van der Waals surface area contributed by atoms with Crippen LogP contribution in [0.2, 0.25) is 15.1 Å². The molecular weight excluding hydrogens is 321 g/mol. The van der Waals surface area contributed by atoms with Gasteiger partial charge in [0.25, 0.3) is 0 Å². The van der Waals surface area contributed by atoms with Crippen molar-refractivity contribution < 1.29 is 4.74 Å². The number of halogens is 3. The first-order valence-corrected chi connectivity index (χ1v) is 7.17. The molecule has 4 nitrogen and oxygen atoms in total. The summed E-state index contributed by atoms with van der Waals surface area (Å²) in [6.45, 7) is 3.84. The van der Waals surface area contributed by atoms with Gasteiger partial charge in [-0.2, -0.15) is 0 Å². The number of H-pyrrole nitrogens is 1. The maximum Gasteiger partial charge on any atom is 0.158 e. The minimum Gasteiger partial charge on any atom is -0.472 e. The van der Waals surface area contributed by atoms with Crippen molar-refractivity contribution in [3.8, 4) is 5.75 Å². The van der Waals surface area contributed by atoms with Gasteiger partial charge in [-0.3, -0.25) is 5.32 Å². The van der Waals surface area contributed by atoms with Crippen molar-refractivity contribution in [3.63, 3.8) is 0 Å². The first-order chi connectivity index (χ1) is 9.47. The highest BCUT2D eigenvalue weighted by molar-refractivity contribution is 6.40. The Morgan fingerprint density at radius 3 is 2.40 bits per heavy atom. The van der Waals surface area contributed by atoms with Crippen LogP contribution in [0.1, 0.15) is 25.7 Å². The van der Waals surface area contributed by atoms with E-state index in [0.717, 1.165) is 5.82 Å². The molecule has 0 aliphatic rings. The Morgan fingerprint density at radius 1 is 1.20 bits per heavy atom. The van der Waals surface area contributed by atoms with E-state index in [1.54, 1.807) is 24.5 Å². The van der Waals surface area contributed by atoms with E-state index < -0.39 is 0 Å². The van der Waals surface area contributed by atoms with Gasteiger partial charge in [-0.25, -0.2) is 4.98 Å². The second-order valence-corrected chi connectivity index (χ2v) is 5.57. The molecule has 2 N–H and O–H groups in total. The lowest BCUT2D eigenvalue weighted by Crippen LogP contribution is -2.34. The van der Waals surface area contributed by atoms with Crippen LogP contribution in [0.15, 0.2) is 24.5 Å². The molecule has 1 aromatic heterocycles. The monoisotopic (exact) mass is 333 g/mol. The molecule has 1 aromatic carbocycles. The summed E-state index contributed by atoms with van der Waals surface area (Å²) in [6, 6.07) is 3.19. The zero-order valence-corrected chi connectivity index (χ0v) is 13.2. The zero-order chi connectivity index (χ0) is 14.7. The molecule has 0 spiro atoms. The van der Waals surface area contributed by atoms with Gasteiger partial charge in [0.15, 0.2) is 5.75 Å². The third-order valence-corrected chi connectivity index (χ3v) is 3.45. The normalized spacial score (nSPS) is 14.1. The number of ether oxygens (including phenoxy) is 1. The molecule has 2 rings (SSSR count). The number of aromatic amines is 1. The number of benzene rings is 1. The van der Waals surface area contributed by atoms with Gasteiger partial charge >= 0.3 is 0 Å². The lowest BCUT2D eigenvalue weighted by molar-refractivity contribution is 0.167. The van der Waals surface area contributed by atoms with Crippen LogP contribution in [0.4, 0.5) is 0 Å². The maximum absolute atomic E-state index is 6.07. The van der Waals surface area contributed by atoms with Crippen molar-refractivity contribution in [2.45, 2.75) is 26.1 Å². The van der Waals surface area contributed by atoms with Crippen LogP contribution in [0, 0.1) is 0 Å². The van der Waals surface area contributed by atoms with Gasteiger partial charge in [0, 0.05) is 17.4 Å². The van der Waals surface area contributed by atoms with Gasteiger partial charge in [-0.05, 0) is 26.0 Å². The van der Waals surface area contributed by atoms with Gasteiger partial charge in [0.05, 0.1) is 16.1 Å². The fraction of sp³-hybridized carbons (Fsp3) is 0.308. The number of aromatic nitrogens is 2. The van der Waals surface area contributed by atoms with Gasteiger partial charge in [0.2, 0.25) is 0 Å². The van der Waals surface area contributed by atoms with E-state index in [4.69, 9.17) is 39.5 Å². The highest BCUT2D eigenvalue weighted by Gasteiger charge is 2.16. The number of hydrogen-bond acceptors (Lipinski definition) is 3. The molecule has 2 atom stereocenters. The smallest absolute Gasteiger partial charge is 0.158 e. The summed E-state index contributed by atoms with van der Waals surface area (Å²) < 4.78 is 5.72. The standard InChI is InChI=1S/C13H14Cl3N3O/c1-7(13-17-3-4-18-13)19-8(2)20-12-10(15)5-9(14)6-11(12)16/h3-8,19H,1-2H3,(H,17,18). The van der Waals surface area contributed by atoms with Crippen LogP contribution in [0.25, 0.3) is 0 Å². The first kappa shape index (κ1) is 15.4. The lowest BCUT2D eigenvalue weighted by Gasteiger charge is -2.21. The lowest BCUT2D eigenvalue weighted by atomic mass is 10.3. The SMILES string of the molecule is CC(NC(C)c1ncc[nH]1)Oc1c(Cl)cc(Cl)cc1Cl. The number of imidazole rings is 1. The van der Waals surface area contributed by atoms with E-state index in [2.05, 4.69) is 15.3 Å². The van der Waals surface area contributed by atoms with Crippen molar-refractivity contribution in [2.24, 2.45) is 0 Å². The molecule has 1 heterocycles. The molecule has 2 unspecified atom stereocenters. The number of nitrogens with zero attached hydrogens (tertiary/aromatic N) is 1. The predicted molar refractivity (Wildman–Crippen MR) is 81.7 cm³/mol. The molecule has 0 aliphatic carbocycles. The van der Waals surface area contributed by atoms with Crippen LogP contribution < -0.4 is 10.1 Å². The molecule has 0 amide bonds. The van der Waals surface area contributed by atoms with Crippen molar-refractivity contribution in [3.05, 3.63) is 45.4 Å². The third-order valence-electron chi connectivity index (χ3n) is 2.67. The van der Waals surface area contributed by atoms with Crippen molar-refractivity contribution in [1.29, 1.82) is 0 Å². The van der Waals surface area contributed by atoms with Crippen LogP contribution in [-0.2, 0) is 0 Å². The Bertz CT molecular complexity index is 551. The largest absolute Gasteiger partial charge is 0.472 e. The summed E-state index contributed by atoms with van der Waals surface area (Å²) in [5.41, 5.74) is 0. The molecule has 0 bridgehead atoms. The Labute approximate surface area is 132 Å². The van der Waals surface area contributed by atoms with Crippen molar-refractivity contribution >= 4 is 34.8 Å². The summed E-state index contributed by atoms with van der Waals surface area (Å²) in [5.74, 6) is 1.23. The van der Waals surface area contributed by atoms with Crippen LogP contribution in [0.3, 0.4) is 0 Å². The van der Waals surface area contributed by atoms with Gasteiger partial charge in [-0.15, -0.1) is 0 Å². The molecule has 0 radical (unpaired) electrons. The summed E-state index contributed by atoms with van der Waals surface area (Å²) >= 11 is 18.0. The zero-order valence-electron chi connectivity index (χ0n) is 11.0. The highest BCUT2D eigenvalue weighted by atomic mass is 35.5. The molecule has 2 aromatic rings. The quantitative estimate of drug-likeness (QED) is 0.794. The Morgan fingerprint density at radius 2 is 1.85 bits per heavy atom. The summed E-state index contributed by atoms with van der Waals surface area (Å²) in [5, 5.41) is 4.46. The minimum absolute atomic E-state index is 0.00449. The molecule has 0 aliphatic heterocycles. The topological polar surface area (TPSA) is 49.9 Å². The first-order valence-electron chi connectivity index (χ1n) is 6.04. The van der Waals surface area contributed by atoms with Crippen LogP contribution >= 0.6 is 34.8 Å². The highest BCUT2D eigenvalue weighted by Crippen LogP contribution is 2.36. The molecule has 0 saturated heterocycles. The average molecular weight is 335 g/mol. The summed E-state index contributed by atoms with van der Waals surface area (Å²) in [7, 11) is 0. The van der Waals surface area contributed by atoms with E-state index in [1.165, 1.54) is 0 Å². The number of rotatable bonds is 5. The second-order valence-electron chi connectivity index (χ2n) is 4.32. The second kappa shape index (κ2) is 6.68.